The zero-order chi connectivity index (χ0) is 32.1. The first kappa shape index (κ1) is 27.2. The summed E-state index contributed by atoms with van der Waals surface area (Å²) < 4.78 is 2.52. The average molecular weight is 640 g/mol. The van der Waals surface area contributed by atoms with Crippen molar-refractivity contribution in [3.8, 4) is 27.9 Å². The van der Waals surface area contributed by atoms with Crippen LogP contribution in [0.1, 0.15) is 22.3 Å². The van der Waals surface area contributed by atoms with Crippen LogP contribution >= 0.6 is 11.8 Å². The minimum atomic E-state index is -0.418. The largest absolute Gasteiger partial charge is 0.309 e. The number of rotatable bonds is 2. The van der Waals surface area contributed by atoms with Crippen LogP contribution in [0.5, 0.6) is 0 Å². The molecule has 1 spiro atoms. The summed E-state index contributed by atoms with van der Waals surface area (Å²) in [6, 6.07) is 65.4. The third kappa shape index (κ3) is 3.62. The first-order valence-corrected chi connectivity index (χ1v) is 17.8. The van der Waals surface area contributed by atoms with Crippen molar-refractivity contribution in [2.75, 3.05) is 0 Å². The van der Waals surface area contributed by atoms with E-state index < -0.39 is 5.41 Å². The first-order chi connectivity index (χ1) is 24.3. The highest BCUT2D eigenvalue weighted by atomic mass is 32.2. The summed E-state index contributed by atoms with van der Waals surface area (Å²) >= 11 is 1.92. The van der Waals surface area contributed by atoms with Crippen molar-refractivity contribution in [3.63, 3.8) is 0 Å². The van der Waals surface area contributed by atoms with Gasteiger partial charge in [0, 0.05) is 31.6 Å². The third-order valence-corrected chi connectivity index (χ3v) is 12.0. The fourth-order valence-corrected chi connectivity index (χ4v) is 10.0. The van der Waals surface area contributed by atoms with Crippen molar-refractivity contribution in [3.05, 3.63) is 198 Å². The molecule has 0 bridgehead atoms. The molecule has 2 heteroatoms. The van der Waals surface area contributed by atoms with Gasteiger partial charge in [-0.3, -0.25) is 0 Å². The number of benzene rings is 8. The number of hydrogen-bond acceptors (Lipinski definition) is 1. The van der Waals surface area contributed by atoms with Gasteiger partial charge < -0.3 is 4.57 Å². The zero-order valence-corrected chi connectivity index (χ0v) is 27.4. The summed E-state index contributed by atoms with van der Waals surface area (Å²) in [6.45, 7) is 0. The minimum absolute atomic E-state index is 0.418. The van der Waals surface area contributed by atoms with Gasteiger partial charge in [0.05, 0.1) is 16.4 Å². The van der Waals surface area contributed by atoms with E-state index in [-0.39, 0.29) is 0 Å². The molecule has 9 aromatic rings. The van der Waals surface area contributed by atoms with Crippen LogP contribution in [-0.4, -0.2) is 4.57 Å². The monoisotopic (exact) mass is 639 g/mol. The smallest absolute Gasteiger partial charge is 0.0736 e. The molecule has 0 amide bonds. The highest BCUT2D eigenvalue weighted by molar-refractivity contribution is 7.99. The van der Waals surface area contributed by atoms with Gasteiger partial charge >= 0.3 is 0 Å². The quantitative estimate of drug-likeness (QED) is 0.182. The lowest BCUT2D eigenvalue weighted by Gasteiger charge is -2.39. The van der Waals surface area contributed by atoms with Crippen molar-refractivity contribution in [1.29, 1.82) is 0 Å². The molecule has 228 valence electrons. The van der Waals surface area contributed by atoms with Crippen molar-refractivity contribution >= 4 is 44.3 Å². The molecule has 0 saturated heterocycles. The van der Waals surface area contributed by atoms with Crippen LogP contribution in [-0.2, 0) is 5.41 Å². The summed E-state index contributed by atoms with van der Waals surface area (Å²) in [4.78, 5) is 2.65. The maximum atomic E-state index is 2.53. The predicted octanol–water partition coefficient (Wildman–Crippen LogP) is 12.4. The van der Waals surface area contributed by atoms with E-state index in [1.807, 2.05) is 11.8 Å². The van der Waals surface area contributed by atoms with E-state index in [9.17, 15) is 0 Å². The van der Waals surface area contributed by atoms with Crippen LogP contribution in [0.15, 0.2) is 186 Å². The van der Waals surface area contributed by atoms with E-state index in [0.29, 0.717) is 0 Å². The topological polar surface area (TPSA) is 4.93 Å². The number of hydrogen-bond donors (Lipinski definition) is 0. The van der Waals surface area contributed by atoms with Crippen LogP contribution in [0.25, 0.3) is 60.5 Å². The number of fused-ring (bicyclic) bond motifs is 14. The van der Waals surface area contributed by atoms with Gasteiger partial charge in [0.15, 0.2) is 0 Å². The molecule has 1 aliphatic heterocycles. The molecule has 0 N–H and O–H groups in total. The summed E-state index contributed by atoms with van der Waals surface area (Å²) in [5.41, 5.74) is 13.8. The second-order valence-electron chi connectivity index (χ2n) is 13.2. The highest BCUT2D eigenvalue weighted by Crippen LogP contribution is 2.62. The Hall–Kier alpha value is -5.83. The van der Waals surface area contributed by atoms with Gasteiger partial charge in [-0.05, 0) is 80.2 Å². The lowest BCUT2D eigenvalue weighted by Crippen LogP contribution is -2.32. The van der Waals surface area contributed by atoms with E-state index in [2.05, 4.69) is 180 Å². The van der Waals surface area contributed by atoms with Gasteiger partial charge in [0.25, 0.3) is 0 Å². The summed E-state index contributed by atoms with van der Waals surface area (Å²) in [5, 5.41) is 5.09. The lowest BCUT2D eigenvalue weighted by atomic mass is 9.67. The van der Waals surface area contributed by atoms with Gasteiger partial charge in [0.1, 0.15) is 0 Å². The normalized spacial score (nSPS) is 13.8. The van der Waals surface area contributed by atoms with E-state index in [4.69, 9.17) is 0 Å². The third-order valence-electron chi connectivity index (χ3n) is 10.9. The van der Waals surface area contributed by atoms with Gasteiger partial charge in [-0.1, -0.05) is 157 Å². The first-order valence-electron chi connectivity index (χ1n) is 16.9. The van der Waals surface area contributed by atoms with Gasteiger partial charge in [-0.2, -0.15) is 0 Å². The van der Waals surface area contributed by atoms with Crippen LogP contribution in [0.2, 0.25) is 0 Å². The van der Waals surface area contributed by atoms with Gasteiger partial charge in [0.2, 0.25) is 0 Å². The van der Waals surface area contributed by atoms with Crippen molar-refractivity contribution in [2.24, 2.45) is 0 Å². The molecule has 0 fully saturated rings. The van der Waals surface area contributed by atoms with Crippen LogP contribution in [0.4, 0.5) is 0 Å². The van der Waals surface area contributed by atoms with Crippen molar-refractivity contribution in [1.82, 2.24) is 4.57 Å². The van der Waals surface area contributed by atoms with E-state index in [1.165, 1.54) is 92.6 Å². The Bertz CT molecular complexity index is 2740. The molecule has 0 radical (unpaired) electrons. The molecule has 2 heterocycles. The molecule has 0 unspecified atom stereocenters. The standard InChI is InChI=1S/C47H29NS/c1-2-12-30(13-3-1)31-22-25-33(26-23-31)48-43-29-42-45(28-38(43)37-27-24-32-14-4-5-15-34(32)46(37)48)49-44-21-11-10-20-41(44)47(42)39-18-8-6-16-35(39)36-17-7-9-19-40(36)47/h1-29H. The SMILES string of the molecule is c1ccc(-c2ccc(-n3c4cc5c(cc4c4ccc6ccccc6c43)Sc3ccccc3C53c4ccccc4-c4ccccc43)cc2)cc1. The molecule has 8 aromatic carbocycles. The van der Waals surface area contributed by atoms with Crippen LogP contribution < -0.4 is 0 Å². The van der Waals surface area contributed by atoms with Crippen molar-refractivity contribution in [2.45, 2.75) is 15.2 Å². The molecule has 11 rings (SSSR count). The molecule has 49 heavy (non-hydrogen) atoms. The van der Waals surface area contributed by atoms with E-state index >= 15 is 0 Å². The summed E-state index contributed by atoms with van der Waals surface area (Å²) in [7, 11) is 0. The fourth-order valence-electron chi connectivity index (χ4n) is 8.83. The molecule has 1 aromatic heterocycles. The molecule has 1 aliphatic carbocycles. The number of nitrogens with zero attached hydrogens (tertiary/aromatic N) is 1. The second-order valence-corrected chi connectivity index (χ2v) is 14.3. The molecule has 1 nitrogen and oxygen atoms in total. The molecular formula is C47H29NS. The Kier molecular flexibility index (Phi) is 5.59. The lowest BCUT2D eigenvalue weighted by molar-refractivity contribution is 0.724. The second kappa shape index (κ2) is 10.1. The Morgan fingerprint density at radius 1 is 0.408 bits per heavy atom. The number of aromatic nitrogens is 1. The van der Waals surface area contributed by atoms with E-state index in [1.54, 1.807) is 0 Å². The van der Waals surface area contributed by atoms with Crippen LogP contribution in [0.3, 0.4) is 0 Å². The fraction of sp³-hybridized carbons (Fsp3) is 0.0213. The predicted molar refractivity (Wildman–Crippen MR) is 205 cm³/mol. The summed E-state index contributed by atoms with van der Waals surface area (Å²) in [5.74, 6) is 0. The Morgan fingerprint density at radius 3 is 1.82 bits per heavy atom. The van der Waals surface area contributed by atoms with E-state index in [0.717, 1.165) is 0 Å². The highest BCUT2D eigenvalue weighted by Gasteiger charge is 2.50. The Morgan fingerprint density at radius 2 is 1.04 bits per heavy atom. The maximum Gasteiger partial charge on any atom is 0.0736 e. The molecular weight excluding hydrogens is 611 g/mol. The Balaban J connectivity index is 1.28. The zero-order valence-electron chi connectivity index (χ0n) is 26.6. The molecule has 2 aliphatic rings. The summed E-state index contributed by atoms with van der Waals surface area (Å²) in [6.07, 6.45) is 0. The Labute approximate surface area is 289 Å². The average Bonchev–Trinajstić information content (AvgIpc) is 3.65. The van der Waals surface area contributed by atoms with Gasteiger partial charge in [-0.15, -0.1) is 0 Å². The molecule has 0 atom stereocenters. The molecule has 0 saturated carbocycles. The maximum absolute atomic E-state index is 2.53. The van der Waals surface area contributed by atoms with Crippen molar-refractivity contribution < 1.29 is 0 Å². The van der Waals surface area contributed by atoms with Crippen LogP contribution in [0, 0.1) is 0 Å². The minimum Gasteiger partial charge on any atom is -0.309 e. The van der Waals surface area contributed by atoms with Gasteiger partial charge in [-0.25, -0.2) is 0 Å².